The smallest absolute Gasteiger partial charge is 0.317 e. The van der Waals surface area contributed by atoms with E-state index in [1.165, 1.54) is 0 Å². The van der Waals surface area contributed by atoms with Gasteiger partial charge in [0.05, 0.1) is 7.11 Å². The predicted octanol–water partition coefficient (Wildman–Crippen LogP) is 1.91. The van der Waals surface area contributed by atoms with Gasteiger partial charge in [-0.15, -0.1) is 10.2 Å². The van der Waals surface area contributed by atoms with Crippen molar-refractivity contribution in [1.82, 2.24) is 25.0 Å². The molecule has 0 unspecified atom stereocenters. The van der Waals surface area contributed by atoms with Crippen LogP contribution in [-0.4, -0.2) is 45.9 Å². The predicted molar refractivity (Wildman–Crippen MR) is 89.8 cm³/mol. The minimum absolute atomic E-state index is 0.0484. The number of para-hydroxylation sites is 1. The molecule has 2 heterocycles. The fourth-order valence-corrected chi connectivity index (χ4v) is 3.17. The van der Waals surface area contributed by atoms with Crippen molar-refractivity contribution in [3.05, 3.63) is 42.0 Å². The first-order valence-corrected chi connectivity index (χ1v) is 8.17. The summed E-state index contributed by atoms with van der Waals surface area (Å²) < 4.78 is 7.25. The summed E-state index contributed by atoms with van der Waals surface area (Å²) in [4.78, 5) is 14.4. The molecule has 0 bridgehead atoms. The second-order valence-electron chi connectivity index (χ2n) is 6.06. The Kier molecular flexibility index (Phi) is 4.98. The number of hydrogen-bond donors (Lipinski definition) is 1. The van der Waals surface area contributed by atoms with Crippen LogP contribution in [0.1, 0.15) is 30.1 Å². The number of rotatable bonds is 4. The average Bonchev–Trinajstić information content (AvgIpc) is 3.06. The van der Waals surface area contributed by atoms with Gasteiger partial charge in [-0.1, -0.05) is 18.2 Å². The molecule has 3 rings (SSSR count). The van der Waals surface area contributed by atoms with E-state index in [0.29, 0.717) is 13.1 Å². The Labute approximate surface area is 141 Å². The van der Waals surface area contributed by atoms with Gasteiger partial charge >= 0.3 is 6.03 Å². The molecule has 1 N–H and O–H groups in total. The highest BCUT2D eigenvalue weighted by Gasteiger charge is 2.27. The molecule has 2 amide bonds. The van der Waals surface area contributed by atoms with Gasteiger partial charge in [0.2, 0.25) is 0 Å². The number of urea groups is 1. The lowest BCUT2D eigenvalue weighted by Gasteiger charge is -2.32. The van der Waals surface area contributed by atoms with Crippen molar-refractivity contribution in [2.45, 2.75) is 25.3 Å². The molecule has 2 aromatic rings. The van der Waals surface area contributed by atoms with Crippen molar-refractivity contribution in [3.8, 4) is 5.75 Å². The summed E-state index contributed by atoms with van der Waals surface area (Å²) in [6.07, 6.45) is 3.71. The van der Waals surface area contributed by atoms with Crippen LogP contribution in [-0.2, 0) is 13.6 Å². The highest BCUT2D eigenvalue weighted by Crippen LogP contribution is 2.25. The molecule has 1 aliphatic heterocycles. The maximum absolute atomic E-state index is 12.5. The highest BCUT2D eigenvalue weighted by molar-refractivity contribution is 5.74. The van der Waals surface area contributed by atoms with Gasteiger partial charge in [-0.3, -0.25) is 0 Å². The number of carbonyl (C=O) groups excluding carboxylic acids is 1. The largest absolute Gasteiger partial charge is 0.496 e. The molecule has 1 aromatic heterocycles. The number of amides is 2. The zero-order valence-electron chi connectivity index (χ0n) is 14.1. The summed E-state index contributed by atoms with van der Waals surface area (Å²) in [5.74, 6) is 1.97. The van der Waals surface area contributed by atoms with Crippen LogP contribution in [0.4, 0.5) is 4.79 Å². The van der Waals surface area contributed by atoms with Crippen molar-refractivity contribution < 1.29 is 9.53 Å². The SMILES string of the molecule is COc1ccccc1CNC(=O)N1CCC[C@H](c2nncn2C)C1. The van der Waals surface area contributed by atoms with Gasteiger partial charge in [0, 0.05) is 38.2 Å². The number of carbonyl (C=O) groups is 1. The third-order valence-electron chi connectivity index (χ3n) is 4.44. The molecule has 0 saturated carbocycles. The lowest BCUT2D eigenvalue weighted by Crippen LogP contribution is -2.45. The molecule has 0 aliphatic carbocycles. The van der Waals surface area contributed by atoms with Crippen LogP contribution < -0.4 is 10.1 Å². The second kappa shape index (κ2) is 7.33. The molecule has 128 valence electrons. The molecule has 7 nitrogen and oxygen atoms in total. The van der Waals surface area contributed by atoms with Gasteiger partial charge in [0.25, 0.3) is 0 Å². The number of benzene rings is 1. The van der Waals surface area contributed by atoms with E-state index < -0.39 is 0 Å². The molecule has 1 aliphatic rings. The number of hydrogen-bond acceptors (Lipinski definition) is 4. The normalized spacial score (nSPS) is 17.6. The number of aromatic nitrogens is 3. The van der Waals surface area contributed by atoms with E-state index in [1.54, 1.807) is 13.4 Å². The Balaban J connectivity index is 1.59. The molecule has 24 heavy (non-hydrogen) atoms. The molecule has 7 heteroatoms. The Morgan fingerprint density at radius 2 is 2.25 bits per heavy atom. The lowest BCUT2D eigenvalue weighted by atomic mass is 9.97. The first kappa shape index (κ1) is 16.3. The van der Waals surface area contributed by atoms with Gasteiger partial charge in [0.15, 0.2) is 0 Å². The fraction of sp³-hybridized carbons (Fsp3) is 0.471. The monoisotopic (exact) mass is 329 g/mol. The number of aryl methyl sites for hydroxylation is 1. The molecule has 1 atom stereocenters. The first-order valence-electron chi connectivity index (χ1n) is 8.17. The summed E-state index contributed by atoms with van der Waals surface area (Å²) in [5.41, 5.74) is 0.968. The quantitative estimate of drug-likeness (QED) is 0.930. The number of nitrogens with one attached hydrogen (secondary N) is 1. The number of piperidine rings is 1. The maximum atomic E-state index is 12.5. The summed E-state index contributed by atoms with van der Waals surface area (Å²) in [7, 11) is 3.58. The van der Waals surface area contributed by atoms with Crippen LogP contribution in [0.5, 0.6) is 5.75 Å². The third kappa shape index (κ3) is 3.50. The van der Waals surface area contributed by atoms with Crippen LogP contribution in [0, 0.1) is 0 Å². The standard InChI is InChI=1S/C17H23N5O2/c1-21-12-19-20-16(21)14-7-5-9-22(11-14)17(23)18-10-13-6-3-4-8-15(13)24-2/h3-4,6,8,12,14H,5,7,9-11H2,1-2H3,(H,18,23)/t14-/m0/s1. The van der Waals surface area contributed by atoms with Crippen LogP contribution >= 0.6 is 0 Å². The second-order valence-corrected chi connectivity index (χ2v) is 6.06. The van der Waals surface area contributed by atoms with Crippen LogP contribution in [0.15, 0.2) is 30.6 Å². The first-order chi connectivity index (χ1) is 11.7. The van der Waals surface area contributed by atoms with Crippen molar-refractivity contribution in [1.29, 1.82) is 0 Å². The zero-order chi connectivity index (χ0) is 16.9. The highest BCUT2D eigenvalue weighted by atomic mass is 16.5. The van der Waals surface area contributed by atoms with Crippen LogP contribution in [0.25, 0.3) is 0 Å². The van der Waals surface area contributed by atoms with Crippen LogP contribution in [0.3, 0.4) is 0 Å². The number of methoxy groups -OCH3 is 1. The number of nitrogens with zero attached hydrogens (tertiary/aromatic N) is 4. The van der Waals surface area contributed by atoms with Gasteiger partial charge in [-0.2, -0.15) is 0 Å². The van der Waals surface area contributed by atoms with E-state index in [1.807, 2.05) is 40.8 Å². The minimum Gasteiger partial charge on any atom is -0.496 e. The maximum Gasteiger partial charge on any atom is 0.317 e. The minimum atomic E-state index is -0.0484. The summed E-state index contributed by atoms with van der Waals surface area (Å²) in [5, 5.41) is 11.1. The van der Waals surface area contributed by atoms with E-state index in [2.05, 4.69) is 15.5 Å². The topological polar surface area (TPSA) is 72.3 Å². The van der Waals surface area contributed by atoms with E-state index in [0.717, 1.165) is 36.5 Å². The zero-order valence-corrected chi connectivity index (χ0v) is 14.1. The van der Waals surface area contributed by atoms with E-state index in [9.17, 15) is 4.79 Å². The van der Waals surface area contributed by atoms with Gasteiger partial charge in [-0.25, -0.2) is 4.79 Å². The Morgan fingerprint density at radius 1 is 1.42 bits per heavy atom. The third-order valence-corrected chi connectivity index (χ3v) is 4.44. The average molecular weight is 329 g/mol. The molecule has 0 radical (unpaired) electrons. The molecule has 1 saturated heterocycles. The molecule has 1 fully saturated rings. The Bertz CT molecular complexity index is 700. The summed E-state index contributed by atoms with van der Waals surface area (Å²) in [6, 6.07) is 7.66. The molecule has 1 aromatic carbocycles. The molecular formula is C17H23N5O2. The number of ether oxygens (including phenoxy) is 1. The van der Waals surface area contributed by atoms with Crippen molar-refractivity contribution >= 4 is 6.03 Å². The van der Waals surface area contributed by atoms with Crippen molar-refractivity contribution in [2.75, 3.05) is 20.2 Å². The Hall–Kier alpha value is -2.57. The van der Waals surface area contributed by atoms with Gasteiger partial charge < -0.3 is 19.5 Å². The van der Waals surface area contributed by atoms with Gasteiger partial charge in [0.1, 0.15) is 17.9 Å². The summed E-state index contributed by atoms with van der Waals surface area (Å²) >= 11 is 0. The fourth-order valence-electron chi connectivity index (χ4n) is 3.17. The molecular weight excluding hydrogens is 306 g/mol. The van der Waals surface area contributed by atoms with Crippen LogP contribution in [0.2, 0.25) is 0 Å². The van der Waals surface area contributed by atoms with E-state index in [-0.39, 0.29) is 11.9 Å². The van der Waals surface area contributed by atoms with E-state index >= 15 is 0 Å². The molecule has 0 spiro atoms. The van der Waals surface area contributed by atoms with E-state index in [4.69, 9.17) is 4.74 Å². The van der Waals surface area contributed by atoms with Crippen molar-refractivity contribution in [3.63, 3.8) is 0 Å². The number of likely N-dealkylation sites (tertiary alicyclic amines) is 1. The lowest BCUT2D eigenvalue weighted by molar-refractivity contribution is 0.177. The van der Waals surface area contributed by atoms with Crippen molar-refractivity contribution in [2.24, 2.45) is 7.05 Å². The van der Waals surface area contributed by atoms with Gasteiger partial charge in [-0.05, 0) is 18.9 Å². The Morgan fingerprint density at radius 3 is 3.00 bits per heavy atom. The summed E-state index contributed by atoms with van der Waals surface area (Å²) in [6.45, 7) is 1.89.